The summed E-state index contributed by atoms with van der Waals surface area (Å²) in [7, 11) is 0. The maximum absolute atomic E-state index is 10.8. The first-order chi connectivity index (χ1) is 8.28. The summed E-state index contributed by atoms with van der Waals surface area (Å²) in [6.45, 7) is 11.3. The summed E-state index contributed by atoms with van der Waals surface area (Å²) >= 11 is 0. The third-order valence-electron chi connectivity index (χ3n) is 2.55. The Labute approximate surface area is 110 Å². The van der Waals surface area contributed by atoms with Crippen LogP contribution < -0.4 is 5.32 Å². The SMILES string of the molecule is CC(=O)OCc1ccc(C)c(NCC(C)(C)C)c1. The Morgan fingerprint density at radius 1 is 1.33 bits per heavy atom. The molecular formula is C15H23NO2. The van der Waals surface area contributed by atoms with E-state index in [9.17, 15) is 4.79 Å². The van der Waals surface area contributed by atoms with E-state index in [2.05, 4.69) is 33.0 Å². The highest BCUT2D eigenvalue weighted by Gasteiger charge is 2.10. The first kappa shape index (κ1) is 14.6. The van der Waals surface area contributed by atoms with E-state index in [0.29, 0.717) is 6.61 Å². The second kappa shape index (κ2) is 5.89. The normalized spacial score (nSPS) is 11.2. The number of carbonyl (C=O) groups is 1. The van der Waals surface area contributed by atoms with Crippen molar-refractivity contribution >= 4 is 11.7 Å². The second-order valence-corrected chi connectivity index (χ2v) is 5.84. The predicted molar refractivity (Wildman–Crippen MR) is 74.6 cm³/mol. The first-order valence-electron chi connectivity index (χ1n) is 6.25. The molecule has 0 heterocycles. The molecule has 100 valence electrons. The molecule has 1 aromatic carbocycles. The third-order valence-corrected chi connectivity index (χ3v) is 2.55. The van der Waals surface area contributed by atoms with E-state index in [4.69, 9.17) is 4.74 Å². The maximum Gasteiger partial charge on any atom is 0.302 e. The van der Waals surface area contributed by atoms with E-state index < -0.39 is 0 Å². The van der Waals surface area contributed by atoms with Crippen molar-refractivity contribution in [3.8, 4) is 0 Å². The van der Waals surface area contributed by atoms with Gasteiger partial charge in [-0.05, 0) is 29.5 Å². The molecule has 0 aromatic heterocycles. The Kier molecular flexibility index (Phi) is 4.76. The van der Waals surface area contributed by atoms with E-state index in [0.717, 1.165) is 17.8 Å². The molecule has 0 unspecified atom stereocenters. The quantitative estimate of drug-likeness (QED) is 0.830. The van der Waals surface area contributed by atoms with Gasteiger partial charge < -0.3 is 10.1 Å². The zero-order chi connectivity index (χ0) is 13.8. The molecule has 1 rings (SSSR count). The molecule has 1 N–H and O–H groups in total. The standard InChI is InChI=1S/C15H23NO2/c1-11-6-7-13(9-18-12(2)17)8-14(11)16-10-15(3,4)5/h6-8,16H,9-10H2,1-5H3. The fourth-order valence-electron chi connectivity index (χ4n) is 1.49. The minimum Gasteiger partial charge on any atom is -0.461 e. The Morgan fingerprint density at radius 2 is 2.00 bits per heavy atom. The number of aryl methyl sites for hydroxylation is 1. The molecule has 0 atom stereocenters. The molecule has 0 fully saturated rings. The third kappa shape index (κ3) is 5.21. The van der Waals surface area contributed by atoms with E-state index in [1.807, 2.05) is 18.2 Å². The van der Waals surface area contributed by atoms with Crippen LogP contribution in [0.4, 0.5) is 5.69 Å². The smallest absolute Gasteiger partial charge is 0.302 e. The number of nitrogens with one attached hydrogen (secondary N) is 1. The van der Waals surface area contributed by atoms with Crippen molar-refractivity contribution in [3.05, 3.63) is 29.3 Å². The van der Waals surface area contributed by atoms with Gasteiger partial charge in [0.2, 0.25) is 0 Å². The zero-order valence-corrected chi connectivity index (χ0v) is 12.0. The summed E-state index contributed by atoms with van der Waals surface area (Å²) in [5, 5.41) is 3.44. The first-order valence-corrected chi connectivity index (χ1v) is 6.25. The van der Waals surface area contributed by atoms with Crippen molar-refractivity contribution in [2.75, 3.05) is 11.9 Å². The predicted octanol–water partition coefficient (Wildman–Crippen LogP) is 3.52. The van der Waals surface area contributed by atoms with Crippen molar-refractivity contribution in [3.63, 3.8) is 0 Å². The molecule has 3 nitrogen and oxygen atoms in total. The van der Waals surface area contributed by atoms with Gasteiger partial charge in [-0.2, -0.15) is 0 Å². The summed E-state index contributed by atoms with van der Waals surface area (Å²) in [5.74, 6) is -0.250. The number of benzene rings is 1. The lowest BCUT2D eigenvalue weighted by Gasteiger charge is -2.21. The van der Waals surface area contributed by atoms with Crippen molar-refractivity contribution in [2.24, 2.45) is 5.41 Å². The number of anilines is 1. The van der Waals surface area contributed by atoms with Crippen LogP contribution in [0.1, 0.15) is 38.8 Å². The highest BCUT2D eigenvalue weighted by molar-refractivity contribution is 5.66. The summed E-state index contributed by atoms with van der Waals surface area (Å²) in [6, 6.07) is 6.08. The van der Waals surface area contributed by atoms with Gasteiger partial charge in [0.05, 0.1) is 0 Å². The van der Waals surface area contributed by atoms with Gasteiger partial charge in [-0.1, -0.05) is 32.9 Å². The van der Waals surface area contributed by atoms with E-state index >= 15 is 0 Å². The Morgan fingerprint density at radius 3 is 2.56 bits per heavy atom. The van der Waals surface area contributed by atoms with Crippen LogP contribution in [0.3, 0.4) is 0 Å². The minimum absolute atomic E-state index is 0.234. The fourth-order valence-corrected chi connectivity index (χ4v) is 1.49. The van der Waals surface area contributed by atoms with Gasteiger partial charge in [-0.15, -0.1) is 0 Å². The van der Waals surface area contributed by atoms with Gasteiger partial charge in [0.15, 0.2) is 0 Å². The van der Waals surface area contributed by atoms with Crippen LogP contribution >= 0.6 is 0 Å². The van der Waals surface area contributed by atoms with Crippen LogP contribution in [0.5, 0.6) is 0 Å². The number of rotatable bonds is 4. The van der Waals surface area contributed by atoms with Crippen molar-refractivity contribution in [2.45, 2.75) is 41.2 Å². The summed E-state index contributed by atoms with van der Waals surface area (Å²) in [5.41, 5.74) is 3.55. The van der Waals surface area contributed by atoms with Crippen molar-refractivity contribution in [1.29, 1.82) is 0 Å². The van der Waals surface area contributed by atoms with E-state index in [-0.39, 0.29) is 11.4 Å². The van der Waals surface area contributed by atoms with Gasteiger partial charge in [0.25, 0.3) is 0 Å². The average Bonchev–Trinajstić information content (AvgIpc) is 2.25. The largest absolute Gasteiger partial charge is 0.461 e. The van der Waals surface area contributed by atoms with E-state index in [1.54, 1.807) is 0 Å². The number of ether oxygens (including phenoxy) is 1. The lowest BCUT2D eigenvalue weighted by atomic mass is 9.96. The van der Waals surface area contributed by atoms with Crippen LogP contribution in [-0.4, -0.2) is 12.5 Å². The highest BCUT2D eigenvalue weighted by atomic mass is 16.5. The minimum atomic E-state index is -0.250. The number of esters is 1. The van der Waals surface area contributed by atoms with E-state index in [1.165, 1.54) is 12.5 Å². The molecule has 0 spiro atoms. The van der Waals surface area contributed by atoms with Crippen molar-refractivity contribution < 1.29 is 9.53 Å². The topological polar surface area (TPSA) is 38.3 Å². The molecule has 0 saturated heterocycles. The number of carbonyl (C=O) groups excluding carboxylic acids is 1. The Hall–Kier alpha value is -1.51. The van der Waals surface area contributed by atoms with Gasteiger partial charge in [-0.3, -0.25) is 4.79 Å². The van der Waals surface area contributed by atoms with Crippen LogP contribution in [-0.2, 0) is 16.1 Å². The molecule has 0 aliphatic rings. The van der Waals surface area contributed by atoms with Crippen LogP contribution in [0, 0.1) is 12.3 Å². The molecular weight excluding hydrogens is 226 g/mol. The number of hydrogen-bond acceptors (Lipinski definition) is 3. The number of hydrogen-bond donors (Lipinski definition) is 1. The zero-order valence-electron chi connectivity index (χ0n) is 12.0. The summed E-state index contributed by atoms with van der Waals surface area (Å²) in [4.78, 5) is 10.8. The molecule has 0 saturated carbocycles. The molecule has 0 aliphatic carbocycles. The molecule has 0 aliphatic heterocycles. The molecule has 0 bridgehead atoms. The molecule has 0 amide bonds. The highest BCUT2D eigenvalue weighted by Crippen LogP contribution is 2.20. The van der Waals surface area contributed by atoms with Gasteiger partial charge in [0, 0.05) is 19.2 Å². The van der Waals surface area contributed by atoms with Gasteiger partial charge in [0.1, 0.15) is 6.61 Å². The second-order valence-electron chi connectivity index (χ2n) is 5.84. The van der Waals surface area contributed by atoms with Gasteiger partial charge in [-0.25, -0.2) is 0 Å². The lowest BCUT2D eigenvalue weighted by Crippen LogP contribution is -2.19. The van der Waals surface area contributed by atoms with Crippen molar-refractivity contribution in [1.82, 2.24) is 0 Å². The molecule has 18 heavy (non-hydrogen) atoms. The summed E-state index contributed by atoms with van der Waals surface area (Å²) < 4.78 is 5.00. The molecule has 1 aromatic rings. The molecule has 0 radical (unpaired) electrons. The summed E-state index contributed by atoms with van der Waals surface area (Å²) in [6.07, 6.45) is 0. The van der Waals surface area contributed by atoms with Crippen LogP contribution in [0.15, 0.2) is 18.2 Å². The maximum atomic E-state index is 10.8. The van der Waals surface area contributed by atoms with Crippen LogP contribution in [0.25, 0.3) is 0 Å². The average molecular weight is 249 g/mol. The monoisotopic (exact) mass is 249 g/mol. The fraction of sp³-hybridized carbons (Fsp3) is 0.533. The Bertz CT molecular complexity index is 419. The molecule has 3 heteroatoms. The van der Waals surface area contributed by atoms with Gasteiger partial charge >= 0.3 is 5.97 Å². The Balaban J connectivity index is 2.71. The van der Waals surface area contributed by atoms with Crippen LogP contribution in [0.2, 0.25) is 0 Å². The lowest BCUT2D eigenvalue weighted by molar-refractivity contribution is -0.142.